The largest absolute Gasteiger partial charge is 0.487 e. The van der Waals surface area contributed by atoms with Crippen LogP contribution in [0.25, 0.3) is 0 Å². The normalized spacial score (nSPS) is 11.6. The van der Waals surface area contributed by atoms with Crippen LogP contribution >= 0.6 is 0 Å². The van der Waals surface area contributed by atoms with Gasteiger partial charge in [0.15, 0.2) is 0 Å². The van der Waals surface area contributed by atoms with Gasteiger partial charge in [0.05, 0.1) is 5.69 Å². The summed E-state index contributed by atoms with van der Waals surface area (Å²) in [6.45, 7) is 3.98. The molecule has 1 unspecified atom stereocenters. The van der Waals surface area contributed by atoms with Crippen LogP contribution in [0.2, 0.25) is 0 Å². The molecule has 0 saturated heterocycles. The summed E-state index contributed by atoms with van der Waals surface area (Å²) in [6, 6.07) is 17.0. The molecule has 0 aliphatic heterocycles. The molecule has 2 N–H and O–H groups in total. The van der Waals surface area contributed by atoms with Crippen LogP contribution in [0.3, 0.4) is 0 Å². The smallest absolute Gasteiger partial charge is 0.251 e. The number of hydrogen-bond donors (Lipinski definition) is 2. The van der Waals surface area contributed by atoms with Crippen molar-refractivity contribution in [3.05, 3.63) is 90.0 Å². The van der Waals surface area contributed by atoms with E-state index in [1.54, 1.807) is 30.5 Å². The average Bonchev–Trinajstić information content (AvgIpc) is 2.77. The maximum atomic E-state index is 13.1. The number of pyridine rings is 1. The van der Waals surface area contributed by atoms with Crippen molar-refractivity contribution in [1.29, 1.82) is 0 Å². The van der Waals surface area contributed by atoms with E-state index in [0.717, 1.165) is 5.69 Å². The molecule has 2 aromatic carbocycles. The maximum Gasteiger partial charge on any atom is 0.251 e. The topological polar surface area (TPSA) is 80.3 Å². The molecular weight excluding hydrogens is 397 g/mol. The number of carbonyl (C=O) groups is 2. The predicted octanol–water partition coefficient (Wildman–Crippen LogP) is 4.19. The Morgan fingerprint density at radius 1 is 1.03 bits per heavy atom. The standard InChI is InChI=1S/C24H24FN3O3/c1-16(2)22(28-23(29)17-9-11-18(25)12-10-17)24(30)27-19-7-5-8-21(14-19)31-15-20-6-3-4-13-26-20/h3-14,16,22H,15H2,1-2H3,(H,27,30)(H,28,29). The van der Waals surface area contributed by atoms with Gasteiger partial charge in [0.2, 0.25) is 5.91 Å². The first-order chi connectivity index (χ1) is 14.9. The summed E-state index contributed by atoms with van der Waals surface area (Å²) >= 11 is 0. The van der Waals surface area contributed by atoms with Gasteiger partial charge in [0.25, 0.3) is 5.91 Å². The van der Waals surface area contributed by atoms with Crippen molar-refractivity contribution >= 4 is 17.5 Å². The highest BCUT2D eigenvalue weighted by molar-refractivity contribution is 6.01. The minimum absolute atomic E-state index is 0.159. The molecule has 0 bridgehead atoms. The Morgan fingerprint density at radius 3 is 2.48 bits per heavy atom. The van der Waals surface area contributed by atoms with Gasteiger partial charge in [0.1, 0.15) is 24.2 Å². The molecule has 6 nitrogen and oxygen atoms in total. The molecule has 3 aromatic rings. The molecule has 1 heterocycles. The van der Waals surface area contributed by atoms with E-state index in [1.165, 1.54) is 24.3 Å². The molecule has 0 fully saturated rings. The third kappa shape index (κ3) is 6.37. The molecular formula is C24H24FN3O3. The summed E-state index contributed by atoms with van der Waals surface area (Å²) in [5.41, 5.74) is 1.62. The molecule has 0 radical (unpaired) electrons. The molecule has 0 aliphatic carbocycles. The number of nitrogens with zero attached hydrogens (tertiary/aromatic N) is 1. The van der Waals surface area contributed by atoms with Gasteiger partial charge < -0.3 is 15.4 Å². The van der Waals surface area contributed by atoms with Crippen LogP contribution in [-0.4, -0.2) is 22.8 Å². The van der Waals surface area contributed by atoms with Crippen LogP contribution in [0.4, 0.5) is 10.1 Å². The SMILES string of the molecule is CC(C)C(NC(=O)c1ccc(F)cc1)C(=O)Nc1cccc(OCc2ccccn2)c1. The lowest BCUT2D eigenvalue weighted by Gasteiger charge is -2.22. The van der Waals surface area contributed by atoms with Gasteiger partial charge in [-0.3, -0.25) is 14.6 Å². The van der Waals surface area contributed by atoms with Gasteiger partial charge in [-0.25, -0.2) is 4.39 Å². The number of carbonyl (C=O) groups excluding carboxylic acids is 2. The van der Waals surface area contributed by atoms with E-state index in [2.05, 4.69) is 15.6 Å². The number of aromatic nitrogens is 1. The molecule has 0 spiro atoms. The van der Waals surface area contributed by atoms with Gasteiger partial charge in [0, 0.05) is 23.5 Å². The number of amides is 2. The lowest BCUT2D eigenvalue weighted by molar-refractivity contribution is -0.118. The number of ether oxygens (including phenoxy) is 1. The van der Waals surface area contributed by atoms with E-state index in [-0.39, 0.29) is 17.4 Å². The molecule has 1 aromatic heterocycles. The number of benzene rings is 2. The second-order valence-corrected chi connectivity index (χ2v) is 7.33. The fourth-order valence-corrected chi connectivity index (χ4v) is 2.89. The summed E-state index contributed by atoms with van der Waals surface area (Å²) in [5.74, 6) is -0.804. The molecule has 3 rings (SSSR count). The van der Waals surface area contributed by atoms with Crippen molar-refractivity contribution in [2.75, 3.05) is 5.32 Å². The predicted molar refractivity (Wildman–Crippen MR) is 116 cm³/mol. The Morgan fingerprint density at radius 2 is 1.81 bits per heavy atom. The second-order valence-electron chi connectivity index (χ2n) is 7.33. The van der Waals surface area contributed by atoms with Crippen LogP contribution < -0.4 is 15.4 Å². The zero-order chi connectivity index (χ0) is 22.2. The first-order valence-corrected chi connectivity index (χ1v) is 9.92. The van der Waals surface area contributed by atoms with E-state index in [0.29, 0.717) is 18.0 Å². The Balaban J connectivity index is 1.63. The fourth-order valence-electron chi connectivity index (χ4n) is 2.89. The zero-order valence-corrected chi connectivity index (χ0v) is 17.3. The number of rotatable bonds is 8. The first-order valence-electron chi connectivity index (χ1n) is 9.92. The van der Waals surface area contributed by atoms with E-state index < -0.39 is 17.8 Å². The summed E-state index contributed by atoms with van der Waals surface area (Å²) < 4.78 is 18.8. The van der Waals surface area contributed by atoms with Crippen molar-refractivity contribution in [1.82, 2.24) is 10.3 Å². The van der Waals surface area contributed by atoms with Gasteiger partial charge in [-0.15, -0.1) is 0 Å². The lowest BCUT2D eigenvalue weighted by Crippen LogP contribution is -2.47. The highest BCUT2D eigenvalue weighted by atomic mass is 19.1. The highest BCUT2D eigenvalue weighted by Gasteiger charge is 2.25. The Bertz CT molecular complexity index is 1020. The van der Waals surface area contributed by atoms with Gasteiger partial charge >= 0.3 is 0 Å². The number of anilines is 1. The van der Waals surface area contributed by atoms with E-state index in [1.807, 2.05) is 32.0 Å². The zero-order valence-electron chi connectivity index (χ0n) is 17.3. The van der Waals surface area contributed by atoms with Crippen LogP contribution in [0.1, 0.15) is 29.9 Å². The van der Waals surface area contributed by atoms with Crippen molar-refractivity contribution in [2.24, 2.45) is 5.92 Å². The van der Waals surface area contributed by atoms with E-state index in [9.17, 15) is 14.0 Å². The summed E-state index contributed by atoms with van der Waals surface area (Å²) in [4.78, 5) is 29.5. The van der Waals surface area contributed by atoms with Crippen molar-refractivity contribution in [3.8, 4) is 5.75 Å². The number of nitrogens with one attached hydrogen (secondary N) is 2. The van der Waals surface area contributed by atoms with Gasteiger partial charge in [-0.2, -0.15) is 0 Å². The van der Waals surface area contributed by atoms with E-state index >= 15 is 0 Å². The van der Waals surface area contributed by atoms with Gasteiger partial charge in [-0.05, 0) is 54.4 Å². The first kappa shape index (κ1) is 22.0. The third-order valence-corrected chi connectivity index (χ3v) is 4.56. The highest BCUT2D eigenvalue weighted by Crippen LogP contribution is 2.19. The van der Waals surface area contributed by atoms with Gasteiger partial charge in [-0.1, -0.05) is 26.0 Å². The van der Waals surface area contributed by atoms with Crippen LogP contribution in [0.5, 0.6) is 5.75 Å². The quantitative estimate of drug-likeness (QED) is 0.572. The molecule has 31 heavy (non-hydrogen) atoms. The number of halogens is 1. The van der Waals surface area contributed by atoms with Crippen molar-refractivity contribution in [2.45, 2.75) is 26.5 Å². The summed E-state index contributed by atoms with van der Waals surface area (Å²) in [5, 5.41) is 5.54. The Kier molecular flexibility index (Phi) is 7.32. The van der Waals surface area contributed by atoms with Crippen LogP contribution in [0.15, 0.2) is 72.9 Å². The average molecular weight is 421 g/mol. The second kappa shape index (κ2) is 10.3. The fraction of sp³-hybridized carbons (Fsp3) is 0.208. The third-order valence-electron chi connectivity index (χ3n) is 4.56. The number of hydrogen-bond acceptors (Lipinski definition) is 4. The minimum Gasteiger partial charge on any atom is -0.487 e. The molecule has 2 amide bonds. The summed E-state index contributed by atoms with van der Waals surface area (Å²) in [6.07, 6.45) is 1.70. The monoisotopic (exact) mass is 421 g/mol. The molecule has 7 heteroatoms. The van der Waals surface area contributed by atoms with Crippen molar-refractivity contribution in [3.63, 3.8) is 0 Å². The molecule has 0 saturated carbocycles. The van der Waals surface area contributed by atoms with Crippen molar-refractivity contribution < 1.29 is 18.7 Å². The molecule has 160 valence electrons. The molecule has 0 aliphatic rings. The molecule has 1 atom stereocenters. The minimum atomic E-state index is -0.768. The Hall–Kier alpha value is -3.74. The maximum absolute atomic E-state index is 13.1. The summed E-state index contributed by atoms with van der Waals surface area (Å²) in [7, 11) is 0. The Labute approximate surface area is 180 Å². The lowest BCUT2D eigenvalue weighted by atomic mass is 10.0. The van der Waals surface area contributed by atoms with Crippen LogP contribution in [-0.2, 0) is 11.4 Å². The van der Waals surface area contributed by atoms with Crippen LogP contribution in [0, 0.1) is 11.7 Å². The van der Waals surface area contributed by atoms with E-state index in [4.69, 9.17) is 4.74 Å².